The van der Waals surface area contributed by atoms with Crippen LogP contribution in [0, 0.1) is 0 Å². The molecule has 122 valence electrons. The summed E-state index contributed by atoms with van der Waals surface area (Å²) >= 11 is 1.30. The van der Waals surface area contributed by atoms with Gasteiger partial charge in [-0.3, -0.25) is 4.79 Å². The van der Waals surface area contributed by atoms with Crippen molar-refractivity contribution in [3.8, 4) is 0 Å². The van der Waals surface area contributed by atoms with Gasteiger partial charge in [0, 0.05) is 5.56 Å². The lowest BCUT2D eigenvalue weighted by molar-refractivity contribution is 0.102. The van der Waals surface area contributed by atoms with E-state index in [-0.39, 0.29) is 5.78 Å². The Morgan fingerprint density at radius 2 is 1.67 bits per heavy atom. The average molecular weight is 338 g/mol. The van der Waals surface area contributed by atoms with E-state index in [0.717, 1.165) is 5.56 Å². The average Bonchev–Trinajstić information content (AvgIpc) is 3.11. The number of thioether (sulfide) groups is 1. The number of aromatic nitrogens is 4. The van der Waals surface area contributed by atoms with Gasteiger partial charge in [0.05, 0.1) is 5.75 Å². The van der Waals surface area contributed by atoms with E-state index < -0.39 is 5.54 Å². The van der Waals surface area contributed by atoms with Crippen LogP contribution >= 0.6 is 11.8 Å². The van der Waals surface area contributed by atoms with Gasteiger partial charge in [-0.2, -0.15) is 4.80 Å². The number of Topliss-reactive ketones (excluding diaryl/α,β-unsaturated/α-hetero) is 1. The molecule has 0 saturated heterocycles. The molecular weight excluding hydrogens is 320 g/mol. The van der Waals surface area contributed by atoms with Gasteiger partial charge in [-0.05, 0) is 24.6 Å². The Hall–Kier alpha value is -2.47. The van der Waals surface area contributed by atoms with Gasteiger partial charge >= 0.3 is 0 Å². The van der Waals surface area contributed by atoms with Crippen molar-refractivity contribution in [2.45, 2.75) is 24.5 Å². The molecule has 3 rings (SSSR count). The third-order valence-electron chi connectivity index (χ3n) is 3.80. The molecule has 24 heavy (non-hydrogen) atoms. The molecule has 0 fully saturated rings. The van der Waals surface area contributed by atoms with E-state index in [9.17, 15) is 4.79 Å². The SMILES string of the molecule is CC(C)(c1ccccc1)n1nnc(SCC(=O)c2ccccc2)n1. The summed E-state index contributed by atoms with van der Waals surface area (Å²) < 4.78 is 0. The van der Waals surface area contributed by atoms with Crippen LogP contribution in [0.1, 0.15) is 29.8 Å². The van der Waals surface area contributed by atoms with Crippen LogP contribution in [0.15, 0.2) is 65.8 Å². The molecule has 0 aliphatic heterocycles. The molecule has 0 saturated carbocycles. The maximum Gasteiger partial charge on any atom is 0.231 e. The molecule has 0 spiro atoms. The first-order valence-electron chi connectivity index (χ1n) is 7.64. The van der Waals surface area contributed by atoms with Gasteiger partial charge in [-0.15, -0.1) is 10.2 Å². The fraction of sp³-hybridized carbons (Fsp3) is 0.222. The van der Waals surface area contributed by atoms with Gasteiger partial charge in [0.15, 0.2) is 5.78 Å². The van der Waals surface area contributed by atoms with E-state index >= 15 is 0 Å². The number of tetrazole rings is 1. The van der Waals surface area contributed by atoms with Crippen molar-refractivity contribution in [1.82, 2.24) is 20.2 Å². The normalized spacial score (nSPS) is 11.4. The van der Waals surface area contributed by atoms with Gasteiger partial charge < -0.3 is 0 Å². The maximum atomic E-state index is 12.1. The van der Waals surface area contributed by atoms with E-state index in [1.165, 1.54) is 11.8 Å². The first kappa shape index (κ1) is 16.4. The van der Waals surface area contributed by atoms with E-state index in [0.29, 0.717) is 16.5 Å². The zero-order valence-corrected chi connectivity index (χ0v) is 14.4. The Bertz CT molecular complexity index is 815. The van der Waals surface area contributed by atoms with Gasteiger partial charge in [0.2, 0.25) is 5.16 Å². The van der Waals surface area contributed by atoms with E-state index in [1.54, 1.807) is 4.80 Å². The van der Waals surface area contributed by atoms with Gasteiger partial charge in [-0.1, -0.05) is 72.4 Å². The van der Waals surface area contributed by atoms with E-state index in [2.05, 4.69) is 15.4 Å². The van der Waals surface area contributed by atoms with Gasteiger partial charge in [-0.25, -0.2) is 0 Å². The Labute approximate surface area is 145 Å². The summed E-state index contributed by atoms with van der Waals surface area (Å²) in [4.78, 5) is 13.7. The number of nitrogens with zero attached hydrogens (tertiary/aromatic N) is 4. The van der Waals surface area contributed by atoms with Gasteiger partial charge in [0.1, 0.15) is 5.54 Å². The van der Waals surface area contributed by atoms with Crippen molar-refractivity contribution in [3.63, 3.8) is 0 Å². The molecule has 2 aromatic carbocycles. The molecule has 0 aliphatic carbocycles. The fourth-order valence-electron chi connectivity index (χ4n) is 2.30. The summed E-state index contributed by atoms with van der Waals surface area (Å²) in [5.41, 5.74) is 1.39. The van der Waals surface area contributed by atoms with Crippen LogP contribution in [0.4, 0.5) is 0 Å². The van der Waals surface area contributed by atoms with Crippen LogP contribution in [0.25, 0.3) is 0 Å². The predicted octanol–water partition coefficient (Wildman–Crippen LogP) is 3.43. The van der Waals surface area contributed by atoms with Crippen molar-refractivity contribution < 1.29 is 4.79 Å². The number of benzene rings is 2. The predicted molar refractivity (Wildman–Crippen MR) is 94.2 cm³/mol. The molecule has 0 unspecified atom stereocenters. The highest BCUT2D eigenvalue weighted by molar-refractivity contribution is 7.99. The molecule has 0 atom stereocenters. The third kappa shape index (κ3) is 3.54. The first-order chi connectivity index (χ1) is 11.6. The van der Waals surface area contributed by atoms with Crippen LogP contribution in [0.3, 0.4) is 0 Å². The Morgan fingerprint density at radius 3 is 2.33 bits per heavy atom. The van der Waals surface area contributed by atoms with E-state index in [1.807, 2.05) is 74.5 Å². The van der Waals surface area contributed by atoms with Gasteiger partial charge in [0.25, 0.3) is 0 Å². The highest BCUT2D eigenvalue weighted by atomic mass is 32.2. The molecule has 0 amide bonds. The van der Waals surface area contributed by atoms with E-state index in [4.69, 9.17) is 0 Å². The van der Waals surface area contributed by atoms with Crippen molar-refractivity contribution in [1.29, 1.82) is 0 Å². The quantitative estimate of drug-likeness (QED) is 0.509. The molecule has 0 bridgehead atoms. The van der Waals surface area contributed by atoms with Crippen LogP contribution < -0.4 is 0 Å². The van der Waals surface area contributed by atoms with Crippen molar-refractivity contribution >= 4 is 17.5 Å². The van der Waals surface area contributed by atoms with Crippen molar-refractivity contribution in [2.24, 2.45) is 0 Å². The number of hydrogen-bond acceptors (Lipinski definition) is 5. The number of rotatable bonds is 6. The molecule has 3 aromatic rings. The lowest BCUT2D eigenvalue weighted by atomic mass is 9.95. The minimum atomic E-state index is -0.406. The highest BCUT2D eigenvalue weighted by Crippen LogP contribution is 2.24. The smallest absolute Gasteiger partial charge is 0.231 e. The number of ketones is 1. The molecule has 0 aliphatic rings. The molecule has 5 nitrogen and oxygen atoms in total. The lowest BCUT2D eigenvalue weighted by Gasteiger charge is -2.23. The summed E-state index contributed by atoms with van der Waals surface area (Å²) in [5, 5.41) is 13.2. The summed E-state index contributed by atoms with van der Waals surface area (Å²) in [5.74, 6) is 0.348. The van der Waals surface area contributed by atoms with Crippen molar-refractivity contribution in [2.75, 3.05) is 5.75 Å². The zero-order valence-electron chi connectivity index (χ0n) is 13.6. The Kier molecular flexibility index (Phi) is 4.76. The first-order valence-corrected chi connectivity index (χ1v) is 8.63. The number of hydrogen-bond donors (Lipinski definition) is 0. The second-order valence-corrected chi connectivity index (χ2v) is 6.81. The topological polar surface area (TPSA) is 60.7 Å². The zero-order chi connectivity index (χ0) is 17.0. The van der Waals surface area contributed by atoms with Crippen molar-refractivity contribution in [3.05, 3.63) is 71.8 Å². The summed E-state index contributed by atoms with van der Waals surface area (Å²) in [6.45, 7) is 4.07. The summed E-state index contributed by atoms with van der Waals surface area (Å²) in [6, 6.07) is 19.3. The van der Waals surface area contributed by atoms with Crippen LogP contribution in [0.2, 0.25) is 0 Å². The molecule has 0 radical (unpaired) electrons. The monoisotopic (exact) mass is 338 g/mol. The Morgan fingerprint density at radius 1 is 1.04 bits per heavy atom. The second kappa shape index (κ2) is 6.97. The lowest BCUT2D eigenvalue weighted by Crippen LogP contribution is -2.30. The third-order valence-corrected chi connectivity index (χ3v) is 4.63. The fourth-order valence-corrected chi connectivity index (χ4v) is 2.95. The van der Waals surface area contributed by atoms with Crippen LogP contribution in [-0.2, 0) is 5.54 Å². The number of carbonyl (C=O) groups is 1. The molecular formula is C18H18N4OS. The maximum absolute atomic E-state index is 12.1. The standard InChI is InChI=1S/C18H18N4OS/c1-18(2,15-11-7-4-8-12-15)22-20-17(19-21-22)24-13-16(23)14-9-5-3-6-10-14/h3-12H,13H2,1-2H3. The molecule has 1 aromatic heterocycles. The number of carbonyl (C=O) groups excluding carboxylic acids is 1. The minimum Gasteiger partial charge on any atom is -0.293 e. The highest BCUT2D eigenvalue weighted by Gasteiger charge is 2.26. The molecule has 1 heterocycles. The molecule has 6 heteroatoms. The molecule has 0 N–H and O–H groups in total. The summed E-state index contributed by atoms with van der Waals surface area (Å²) in [7, 11) is 0. The summed E-state index contributed by atoms with van der Waals surface area (Å²) in [6.07, 6.45) is 0. The Balaban J connectivity index is 1.69. The largest absolute Gasteiger partial charge is 0.293 e. The van der Waals surface area contributed by atoms with Crippen LogP contribution in [-0.4, -0.2) is 31.7 Å². The minimum absolute atomic E-state index is 0.0549. The van der Waals surface area contributed by atoms with Crippen LogP contribution in [0.5, 0.6) is 0 Å². The second-order valence-electron chi connectivity index (χ2n) is 5.86.